The van der Waals surface area contributed by atoms with Gasteiger partial charge in [-0.1, -0.05) is 57.2 Å². The number of benzene rings is 2. The second-order valence-electron chi connectivity index (χ2n) is 7.92. The fourth-order valence-corrected chi connectivity index (χ4v) is 4.47. The summed E-state index contributed by atoms with van der Waals surface area (Å²) >= 11 is 1.62. The molecule has 0 aliphatic carbocycles. The van der Waals surface area contributed by atoms with Crippen molar-refractivity contribution in [2.24, 2.45) is 0 Å². The highest BCUT2D eigenvalue weighted by Crippen LogP contribution is 2.34. The number of nitrogens with one attached hydrogen (secondary N) is 2. The summed E-state index contributed by atoms with van der Waals surface area (Å²) in [5.41, 5.74) is 3.52. The van der Waals surface area contributed by atoms with Crippen molar-refractivity contribution in [2.45, 2.75) is 32.6 Å². The van der Waals surface area contributed by atoms with Gasteiger partial charge in [0.2, 0.25) is 0 Å². The first-order valence-corrected chi connectivity index (χ1v) is 10.1. The van der Waals surface area contributed by atoms with Crippen molar-refractivity contribution in [2.75, 3.05) is 5.32 Å². The normalized spacial score (nSPS) is 11.7. The molecule has 4 aromatic rings. The summed E-state index contributed by atoms with van der Waals surface area (Å²) in [5, 5.41) is 5.28. The minimum absolute atomic E-state index is 0.0375. The number of H-pyrrole nitrogens is 1. The minimum Gasteiger partial charge on any atom is -0.332 e. The maximum atomic E-state index is 12.6. The van der Waals surface area contributed by atoms with E-state index in [2.05, 4.69) is 31.1 Å². The van der Waals surface area contributed by atoms with Gasteiger partial charge in [-0.25, -0.2) is 4.98 Å². The number of rotatable bonds is 4. The van der Waals surface area contributed by atoms with E-state index >= 15 is 0 Å². The summed E-state index contributed by atoms with van der Waals surface area (Å²) in [6, 6.07) is 19.9. The van der Waals surface area contributed by atoms with Crippen LogP contribution in [0.5, 0.6) is 0 Å². The Bertz CT molecular complexity index is 1170. The summed E-state index contributed by atoms with van der Waals surface area (Å²) in [6.07, 6.45) is 0.570. The van der Waals surface area contributed by atoms with Crippen LogP contribution < -0.4 is 10.9 Å². The van der Waals surface area contributed by atoms with Crippen molar-refractivity contribution in [3.63, 3.8) is 0 Å². The second kappa shape index (κ2) is 7.24. The number of fused-ring (bicyclic) bond motifs is 1. The van der Waals surface area contributed by atoms with Crippen molar-refractivity contribution in [1.82, 2.24) is 9.97 Å². The van der Waals surface area contributed by atoms with Crippen molar-refractivity contribution >= 4 is 33.1 Å². The van der Waals surface area contributed by atoms with Gasteiger partial charge in [0.05, 0.1) is 5.69 Å². The van der Waals surface area contributed by atoms with Crippen LogP contribution in [-0.2, 0) is 11.8 Å². The van der Waals surface area contributed by atoms with Crippen LogP contribution in [0.1, 0.15) is 36.9 Å². The van der Waals surface area contributed by atoms with Gasteiger partial charge in [0.25, 0.3) is 5.56 Å². The molecule has 2 aromatic heterocycles. The van der Waals surface area contributed by atoms with E-state index in [4.69, 9.17) is 4.98 Å². The summed E-state index contributed by atoms with van der Waals surface area (Å²) in [4.78, 5) is 21.6. The number of nitrogens with zero attached hydrogens (tertiary/aromatic N) is 1. The lowest BCUT2D eigenvalue weighted by molar-refractivity contribution is 0.568. The van der Waals surface area contributed by atoms with Crippen molar-refractivity contribution in [1.29, 1.82) is 0 Å². The molecule has 0 saturated heterocycles. The Kier molecular flexibility index (Phi) is 4.77. The molecular formula is C23H23N3OS. The first-order valence-electron chi connectivity index (χ1n) is 9.33. The van der Waals surface area contributed by atoms with Gasteiger partial charge in [-0.3, -0.25) is 4.79 Å². The van der Waals surface area contributed by atoms with Gasteiger partial charge >= 0.3 is 0 Å². The van der Waals surface area contributed by atoms with Crippen molar-refractivity contribution in [3.05, 3.63) is 87.2 Å². The number of anilines is 2. The highest BCUT2D eigenvalue weighted by molar-refractivity contribution is 7.15. The number of hydrogen-bond acceptors (Lipinski definition) is 4. The molecule has 0 fully saturated rings. The van der Waals surface area contributed by atoms with Crippen LogP contribution in [0.3, 0.4) is 0 Å². The predicted octanol–water partition coefficient (Wildman–Crippen LogP) is 5.62. The molecule has 0 saturated carbocycles. The second-order valence-corrected chi connectivity index (χ2v) is 9.00. The van der Waals surface area contributed by atoms with Crippen LogP contribution in [0.25, 0.3) is 10.9 Å². The quantitative estimate of drug-likeness (QED) is 0.476. The van der Waals surface area contributed by atoms with Crippen LogP contribution in [-0.4, -0.2) is 9.97 Å². The number of aromatic amines is 1. The molecule has 0 radical (unpaired) electrons. The summed E-state index contributed by atoms with van der Waals surface area (Å²) in [6.45, 7) is 6.47. The lowest BCUT2D eigenvalue weighted by Crippen LogP contribution is -2.17. The summed E-state index contributed by atoms with van der Waals surface area (Å²) < 4.78 is 0. The van der Waals surface area contributed by atoms with Crippen LogP contribution in [0, 0.1) is 0 Å². The number of pyridine rings is 1. The molecule has 4 nitrogen and oxygen atoms in total. The number of aromatic nitrogens is 2. The molecule has 28 heavy (non-hydrogen) atoms. The van der Waals surface area contributed by atoms with Gasteiger partial charge in [-0.15, -0.1) is 11.3 Å². The highest BCUT2D eigenvalue weighted by Gasteiger charge is 2.24. The van der Waals surface area contributed by atoms with Gasteiger partial charge in [0.15, 0.2) is 5.13 Å². The lowest BCUT2D eigenvalue weighted by atomic mass is 9.90. The van der Waals surface area contributed by atoms with Crippen LogP contribution in [0.4, 0.5) is 10.8 Å². The third kappa shape index (κ3) is 3.85. The molecule has 0 amide bonds. The molecule has 0 bridgehead atoms. The fourth-order valence-electron chi connectivity index (χ4n) is 3.25. The molecule has 0 aliphatic heterocycles. The number of thiazole rings is 1. The molecule has 0 unspecified atom stereocenters. The Morgan fingerprint density at radius 2 is 1.75 bits per heavy atom. The Hall–Kier alpha value is -2.92. The molecule has 2 N–H and O–H groups in total. The molecule has 2 aromatic carbocycles. The Morgan fingerprint density at radius 1 is 1.04 bits per heavy atom. The fraction of sp³-hybridized carbons (Fsp3) is 0.217. The first-order chi connectivity index (χ1) is 13.4. The highest BCUT2D eigenvalue weighted by atomic mass is 32.1. The van der Waals surface area contributed by atoms with Crippen molar-refractivity contribution in [3.8, 4) is 0 Å². The average Bonchev–Trinajstić information content (AvgIpc) is 3.06. The predicted molar refractivity (Wildman–Crippen MR) is 118 cm³/mol. The Labute approximate surface area is 168 Å². The molecule has 2 heterocycles. The van der Waals surface area contributed by atoms with E-state index in [9.17, 15) is 4.79 Å². The van der Waals surface area contributed by atoms with Gasteiger partial charge in [0.1, 0.15) is 0 Å². The molecule has 0 spiro atoms. The minimum atomic E-state index is -0.105. The van der Waals surface area contributed by atoms with Gasteiger partial charge in [-0.2, -0.15) is 0 Å². The molecule has 5 heteroatoms. The maximum absolute atomic E-state index is 12.6. The Balaban J connectivity index is 1.72. The van der Waals surface area contributed by atoms with E-state index in [0.29, 0.717) is 6.42 Å². The van der Waals surface area contributed by atoms with E-state index in [0.717, 1.165) is 37.9 Å². The van der Waals surface area contributed by atoms with Crippen LogP contribution in [0.15, 0.2) is 65.5 Å². The number of hydrogen-bond donors (Lipinski definition) is 2. The molecule has 4 rings (SSSR count). The third-order valence-corrected chi connectivity index (χ3v) is 5.58. The van der Waals surface area contributed by atoms with E-state index in [-0.39, 0.29) is 11.0 Å². The maximum Gasteiger partial charge on any atom is 0.251 e. The van der Waals surface area contributed by atoms with E-state index < -0.39 is 0 Å². The lowest BCUT2D eigenvalue weighted by Gasteiger charge is -2.17. The first kappa shape index (κ1) is 18.4. The molecule has 142 valence electrons. The topological polar surface area (TPSA) is 57.8 Å². The smallest absolute Gasteiger partial charge is 0.251 e. The van der Waals surface area contributed by atoms with E-state index in [1.54, 1.807) is 11.3 Å². The van der Waals surface area contributed by atoms with Gasteiger partial charge < -0.3 is 10.3 Å². The zero-order valence-electron chi connectivity index (χ0n) is 16.2. The van der Waals surface area contributed by atoms with E-state index in [1.165, 1.54) is 0 Å². The number of para-hydroxylation sites is 2. The third-order valence-electron chi connectivity index (χ3n) is 4.61. The standard InChI is InChI=1S/C23H23N3OS/c1-23(2,3)20-19(28-22(26-20)24-17-10-5-4-6-11-17)14-16-13-15-9-7-8-12-18(15)25-21(16)27/h4-13H,14H2,1-3H3,(H,24,26)(H,25,27). The monoisotopic (exact) mass is 389 g/mol. The largest absolute Gasteiger partial charge is 0.332 e. The van der Waals surface area contributed by atoms with Crippen LogP contribution >= 0.6 is 11.3 Å². The Morgan fingerprint density at radius 3 is 2.50 bits per heavy atom. The van der Waals surface area contributed by atoms with Gasteiger partial charge in [-0.05, 0) is 29.7 Å². The summed E-state index contributed by atoms with van der Waals surface area (Å²) in [5.74, 6) is 0. The molecule has 0 aliphatic rings. The van der Waals surface area contributed by atoms with Crippen LogP contribution in [0.2, 0.25) is 0 Å². The zero-order valence-corrected chi connectivity index (χ0v) is 17.1. The van der Waals surface area contributed by atoms with Crippen molar-refractivity contribution < 1.29 is 0 Å². The molecule has 0 atom stereocenters. The molecular weight excluding hydrogens is 366 g/mol. The van der Waals surface area contributed by atoms with Gasteiger partial charge in [0, 0.05) is 33.5 Å². The SMILES string of the molecule is CC(C)(C)c1nc(Nc2ccccc2)sc1Cc1cc2ccccc2[nH]c1=O. The zero-order chi connectivity index (χ0) is 19.7. The van der Waals surface area contributed by atoms with E-state index in [1.807, 2.05) is 60.7 Å². The summed E-state index contributed by atoms with van der Waals surface area (Å²) in [7, 11) is 0. The average molecular weight is 390 g/mol.